The van der Waals surface area contributed by atoms with Crippen LogP contribution in [0.5, 0.6) is 0 Å². The topological polar surface area (TPSA) is 78.9 Å². The number of hydrogen-bond donors (Lipinski definition) is 2. The first-order valence-corrected chi connectivity index (χ1v) is 7.07. The van der Waals surface area contributed by atoms with Gasteiger partial charge in [0.05, 0.1) is 13.0 Å². The molecule has 118 valence electrons. The van der Waals surface area contributed by atoms with E-state index in [4.69, 9.17) is 9.84 Å². The van der Waals surface area contributed by atoms with Gasteiger partial charge in [-0.25, -0.2) is 4.79 Å². The lowest BCUT2D eigenvalue weighted by Gasteiger charge is -2.32. The predicted molar refractivity (Wildman–Crippen MR) is 77.8 cm³/mol. The average molecular weight is 288 g/mol. The van der Waals surface area contributed by atoms with E-state index in [9.17, 15) is 9.59 Å². The molecule has 0 fully saturated rings. The molecule has 0 radical (unpaired) electrons. The maximum Gasteiger partial charge on any atom is 0.317 e. The molecule has 0 saturated carbocycles. The number of amides is 2. The van der Waals surface area contributed by atoms with Crippen LogP contribution < -0.4 is 5.32 Å². The fourth-order valence-corrected chi connectivity index (χ4v) is 1.71. The molecule has 0 bridgehead atoms. The van der Waals surface area contributed by atoms with Crippen LogP contribution >= 0.6 is 0 Å². The Kier molecular flexibility index (Phi) is 8.22. The second kappa shape index (κ2) is 8.79. The van der Waals surface area contributed by atoms with Gasteiger partial charge in [0.2, 0.25) is 0 Å². The Balaban J connectivity index is 4.59. The highest BCUT2D eigenvalue weighted by Gasteiger charge is 2.29. The van der Waals surface area contributed by atoms with E-state index in [1.807, 2.05) is 34.6 Å². The maximum atomic E-state index is 12.2. The SMILES string of the molecule is CCOCCN(CC)C(=O)NC(CC(=O)O)C(C)(C)C. The van der Waals surface area contributed by atoms with Gasteiger partial charge in [-0.3, -0.25) is 4.79 Å². The van der Waals surface area contributed by atoms with Crippen molar-refractivity contribution in [3.8, 4) is 0 Å². The Hall–Kier alpha value is -1.30. The first-order chi connectivity index (χ1) is 9.22. The summed E-state index contributed by atoms with van der Waals surface area (Å²) in [6.45, 7) is 11.7. The minimum Gasteiger partial charge on any atom is -0.481 e. The molecule has 20 heavy (non-hydrogen) atoms. The van der Waals surface area contributed by atoms with Crippen LogP contribution in [0.3, 0.4) is 0 Å². The summed E-state index contributed by atoms with van der Waals surface area (Å²) in [7, 11) is 0. The highest BCUT2D eigenvalue weighted by molar-refractivity contribution is 5.76. The van der Waals surface area contributed by atoms with Gasteiger partial charge >= 0.3 is 12.0 Å². The molecule has 0 aromatic carbocycles. The molecule has 0 aliphatic rings. The van der Waals surface area contributed by atoms with Gasteiger partial charge in [0.15, 0.2) is 0 Å². The molecule has 0 heterocycles. The number of rotatable bonds is 8. The highest BCUT2D eigenvalue weighted by atomic mass is 16.5. The Labute approximate surface area is 121 Å². The van der Waals surface area contributed by atoms with Crippen molar-refractivity contribution < 1.29 is 19.4 Å². The van der Waals surface area contributed by atoms with Crippen LogP contribution in [-0.4, -0.2) is 54.4 Å². The van der Waals surface area contributed by atoms with Gasteiger partial charge in [-0.2, -0.15) is 0 Å². The van der Waals surface area contributed by atoms with E-state index in [0.717, 1.165) is 0 Å². The van der Waals surface area contributed by atoms with Gasteiger partial charge in [0.1, 0.15) is 0 Å². The van der Waals surface area contributed by atoms with Crippen LogP contribution in [0, 0.1) is 5.41 Å². The summed E-state index contributed by atoms with van der Waals surface area (Å²) in [5, 5.41) is 11.8. The highest BCUT2D eigenvalue weighted by Crippen LogP contribution is 2.22. The Morgan fingerprint density at radius 1 is 1.30 bits per heavy atom. The fourth-order valence-electron chi connectivity index (χ4n) is 1.71. The fraction of sp³-hybridized carbons (Fsp3) is 0.857. The zero-order valence-corrected chi connectivity index (χ0v) is 13.2. The maximum absolute atomic E-state index is 12.2. The number of aliphatic carboxylic acids is 1. The molecule has 2 amide bonds. The number of carbonyl (C=O) groups excluding carboxylic acids is 1. The molecular formula is C14H28N2O4. The van der Waals surface area contributed by atoms with Crippen molar-refractivity contribution in [3.63, 3.8) is 0 Å². The minimum absolute atomic E-state index is 0.0851. The van der Waals surface area contributed by atoms with Crippen LogP contribution in [0.1, 0.15) is 41.0 Å². The number of nitrogens with zero attached hydrogens (tertiary/aromatic N) is 1. The number of ether oxygens (including phenoxy) is 1. The zero-order chi connectivity index (χ0) is 15.8. The van der Waals surface area contributed by atoms with Crippen molar-refractivity contribution in [2.24, 2.45) is 5.41 Å². The van der Waals surface area contributed by atoms with Crippen LogP contribution in [0.4, 0.5) is 4.79 Å². The van der Waals surface area contributed by atoms with Crippen molar-refractivity contribution in [3.05, 3.63) is 0 Å². The van der Waals surface area contributed by atoms with Gasteiger partial charge in [0, 0.05) is 25.7 Å². The molecule has 0 aromatic heterocycles. The van der Waals surface area contributed by atoms with E-state index in [-0.39, 0.29) is 17.9 Å². The lowest BCUT2D eigenvalue weighted by atomic mass is 9.85. The number of carbonyl (C=O) groups is 2. The van der Waals surface area contributed by atoms with E-state index in [2.05, 4.69) is 5.32 Å². The largest absolute Gasteiger partial charge is 0.481 e. The molecule has 0 aromatic rings. The van der Waals surface area contributed by atoms with E-state index < -0.39 is 12.0 Å². The Bertz CT molecular complexity index is 313. The third-order valence-electron chi connectivity index (χ3n) is 3.10. The van der Waals surface area contributed by atoms with Gasteiger partial charge in [-0.1, -0.05) is 20.8 Å². The van der Waals surface area contributed by atoms with Crippen molar-refractivity contribution in [2.75, 3.05) is 26.3 Å². The quantitative estimate of drug-likeness (QED) is 0.669. The lowest BCUT2D eigenvalue weighted by molar-refractivity contribution is -0.138. The first-order valence-electron chi connectivity index (χ1n) is 7.07. The van der Waals surface area contributed by atoms with E-state index >= 15 is 0 Å². The summed E-state index contributed by atoms with van der Waals surface area (Å²) >= 11 is 0. The number of carboxylic acids is 1. The van der Waals surface area contributed by atoms with Crippen molar-refractivity contribution in [2.45, 2.75) is 47.1 Å². The van der Waals surface area contributed by atoms with E-state index in [0.29, 0.717) is 26.3 Å². The van der Waals surface area contributed by atoms with Gasteiger partial charge in [0.25, 0.3) is 0 Å². The average Bonchev–Trinajstić information content (AvgIpc) is 2.32. The van der Waals surface area contributed by atoms with Crippen LogP contribution in [0.2, 0.25) is 0 Å². The Morgan fingerprint density at radius 2 is 1.90 bits per heavy atom. The first kappa shape index (κ1) is 18.7. The number of nitrogens with one attached hydrogen (secondary N) is 1. The van der Waals surface area contributed by atoms with E-state index in [1.165, 1.54) is 0 Å². The van der Waals surface area contributed by atoms with Crippen molar-refractivity contribution in [1.29, 1.82) is 0 Å². The molecule has 6 nitrogen and oxygen atoms in total. The molecule has 0 rings (SSSR count). The molecule has 2 N–H and O–H groups in total. The monoisotopic (exact) mass is 288 g/mol. The van der Waals surface area contributed by atoms with Gasteiger partial charge in [-0.15, -0.1) is 0 Å². The van der Waals surface area contributed by atoms with Crippen LogP contribution in [0.25, 0.3) is 0 Å². The molecular weight excluding hydrogens is 260 g/mol. The number of urea groups is 1. The third kappa shape index (κ3) is 7.33. The summed E-state index contributed by atoms with van der Waals surface area (Å²) in [6, 6.07) is -0.651. The van der Waals surface area contributed by atoms with Crippen molar-refractivity contribution >= 4 is 12.0 Å². The summed E-state index contributed by atoms with van der Waals surface area (Å²) < 4.78 is 5.24. The molecule has 1 unspecified atom stereocenters. The van der Waals surface area contributed by atoms with Crippen molar-refractivity contribution in [1.82, 2.24) is 10.2 Å². The second-order valence-electron chi connectivity index (χ2n) is 5.74. The summed E-state index contributed by atoms with van der Waals surface area (Å²) in [6.07, 6.45) is -0.0851. The number of likely N-dealkylation sites (N-methyl/N-ethyl adjacent to an activating group) is 1. The minimum atomic E-state index is -0.914. The number of carboxylic acid groups (broad SMARTS) is 1. The molecule has 0 spiro atoms. The summed E-state index contributed by atoms with van der Waals surface area (Å²) in [5.41, 5.74) is -0.312. The molecule has 1 atom stereocenters. The molecule has 0 saturated heterocycles. The molecule has 0 aliphatic carbocycles. The molecule has 0 aliphatic heterocycles. The van der Waals surface area contributed by atoms with E-state index in [1.54, 1.807) is 4.90 Å². The zero-order valence-electron chi connectivity index (χ0n) is 13.2. The van der Waals surface area contributed by atoms with Gasteiger partial charge < -0.3 is 20.1 Å². The van der Waals surface area contributed by atoms with Gasteiger partial charge in [-0.05, 0) is 19.3 Å². The smallest absolute Gasteiger partial charge is 0.317 e. The predicted octanol–water partition coefficient (Wildman–Crippen LogP) is 1.94. The molecule has 6 heteroatoms. The summed E-state index contributed by atoms with van der Waals surface area (Å²) in [4.78, 5) is 24.7. The lowest BCUT2D eigenvalue weighted by Crippen LogP contribution is -2.51. The summed E-state index contributed by atoms with van der Waals surface area (Å²) in [5.74, 6) is -0.914. The van der Waals surface area contributed by atoms with Crippen LogP contribution in [-0.2, 0) is 9.53 Å². The number of hydrogen-bond acceptors (Lipinski definition) is 3. The second-order valence-corrected chi connectivity index (χ2v) is 5.74. The Morgan fingerprint density at radius 3 is 2.30 bits per heavy atom. The normalized spacial score (nSPS) is 12.8. The third-order valence-corrected chi connectivity index (χ3v) is 3.10. The van der Waals surface area contributed by atoms with Crippen LogP contribution in [0.15, 0.2) is 0 Å². The standard InChI is InChI=1S/C14H28N2O4/c1-6-16(8-9-20-7-2)13(19)15-11(10-12(17)18)14(3,4)5/h11H,6-10H2,1-5H3,(H,15,19)(H,17,18).